The summed E-state index contributed by atoms with van der Waals surface area (Å²) in [6.45, 7) is 5.79. The molecule has 1 aromatic heterocycles. The van der Waals surface area contributed by atoms with Gasteiger partial charge in [-0.15, -0.1) is 5.10 Å². The Labute approximate surface area is 145 Å². The Morgan fingerprint density at radius 2 is 1.92 bits per heavy atom. The van der Waals surface area contributed by atoms with Gasteiger partial charge >= 0.3 is 0 Å². The van der Waals surface area contributed by atoms with Gasteiger partial charge in [0.2, 0.25) is 0 Å². The number of nitrogens with zero attached hydrogens (tertiary/aromatic N) is 3. The minimum absolute atomic E-state index is 0.266. The highest BCUT2D eigenvalue weighted by atomic mass is 16.5. The SMILES string of the molecule is C=CCOc1ccccc1NC(=O)c1nnn(-c2ccccc2)c1C. The zero-order valence-electron chi connectivity index (χ0n) is 13.8. The van der Waals surface area contributed by atoms with Crippen LogP contribution in [0.2, 0.25) is 0 Å². The number of rotatable bonds is 6. The van der Waals surface area contributed by atoms with Gasteiger partial charge in [-0.05, 0) is 31.2 Å². The van der Waals surface area contributed by atoms with E-state index in [-0.39, 0.29) is 11.6 Å². The molecule has 0 radical (unpaired) electrons. The third-order valence-electron chi connectivity index (χ3n) is 3.60. The van der Waals surface area contributed by atoms with Crippen LogP contribution in [0.5, 0.6) is 5.75 Å². The van der Waals surface area contributed by atoms with Gasteiger partial charge in [-0.2, -0.15) is 0 Å². The van der Waals surface area contributed by atoms with Crippen molar-refractivity contribution in [3.63, 3.8) is 0 Å². The molecular weight excluding hydrogens is 316 g/mol. The predicted octanol–water partition coefficient (Wildman–Crippen LogP) is 3.39. The van der Waals surface area contributed by atoms with Gasteiger partial charge in [-0.1, -0.05) is 48.2 Å². The van der Waals surface area contributed by atoms with E-state index in [1.54, 1.807) is 22.9 Å². The molecule has 3 rings (SSSR count). The topological polar surface area (TPSA) is 69.0 Å². The zero-order valence-corrected chi connectivity index (χ0v) is 13.8. The van der Waals surface area contributed by atoms with Gasteiger partial charge in [0, 0.05) is 0 Å². The Bertz CT molecular complexity index is 887. The maximum absolute atomic E-state index is 12.6. The first-order chi connectivity index (χ1) is 12.2. The first kappa shape index (κ1) is 16.4. The van der Waals surface area contributed by atoms with Gasteiger partial charge in [-0.25, -0.2) is 4.68 Å². The quantitative estimate of drug-likeness (QED) is 0.702. The highest BCUT2D eigenvalue weighted by molar-refractivity contribution is 6.04. The van der Waals surface area contributed by atoms with Crippen molar-refractivity contribution >= 4 is 11.6 Å². The average Bonchev–Trinajstić information content (AvgIpc) is 3.03. The third-order valence-corrected chi connectivity index (χ3v) is 3.60. The van der Waals surface area contributed by atoms with Crippen molar-refractivity contribution in [2.45, 2.75) is 6.92 Å². The van der Waals surface area contributed by atoms with Crippen molar-refractivity contribution in [1.29, 1.82) is 0 Å². The Hall–Kier alpha value is -3.41. The molecule has 0 aliphatic rings. The van der Waals surface area contributed by atoms with Crippen molar-refractivity contribution in [3.8, 4) is 11.4 Å². The molecule has 1 heterocycles. The standard InChI is InChI=1S/C19H18N4O2/c1-3-13-25-17-12-8-7-11-16(17)20-19(24)18-14(2)23(22-21-18)15-9-5-4-6-10-15/h3-12H,1,13H2,2H3,(H,20,24). The number of hydrogen-bond acceptors (Lipinski definition) is 4. The van der Waals surface area contributed by atoms with Crippen molar-refractivity contribution in [1.82, 2.24) is 15.0 Å². The van der Waals surface area contributed by atoms with E-state index in [4.69, 9.17) is 4.74 Å². The molecule has 0 saturated carbocycles. The Morgan fingerprint density at radius 3 is 2.68 bits per heavy atom. The minimum atomic E-state index is -0.339. The van der Waals surface area contributed by atoms with E-state index in [1.807, 2.05) is 49.4 Å². The molecule has 0 spiro atoms. The van der Waals surface area contributed by atoms with Crippen molar-refractivity contribution in [3.05, 3.63) is 78.6 Å². The number of anilines is 1. The molecule has 0 aliphatic carbocycles. The second kappa shape index (κ2) is 7.44. The molecule has 3 aromatic rings. The lowest BCUT2D eigenvalue weighted by Gasteiger charge is -2.10. The van der Waals surface area contributed by atoms with E-state index in [9.17, 15) is 4.79 Å². The minimum Gasteiger partial charge on any atom is -0.487 e. The second-order valence-corrected chi connectivity index (χ2v) is 5.32. The molecule has 6 nitrogen and oxygen atoms in total. The molecular formula is C19H18N4O2. The van der Waals surface area contributed by atoms with Crippen molar-refractivity contribution in [2.24, 2.45) is 0 Å². The second-order valence-electron chi connectivity index (χ2n) is 5.32. The average molecular weight is 334 g/mol. The van der Waals surface area contributed by atoms with Gasteiger partial charge in [0.15, 0.2) is 5.69 Å². The molecule has 0 fully saturated rings. The molecule has 0 atom stereocenters. The van der Waals surface area contributed by atoms with Crippen molar-refractivity contribution < 1.29 is 9.53 Å². The number of amides is 1. The lowest BCUT2D eigenvalue weighted by atomic mass is 10.2. The van der Waals surface area contributed by atoms with Crippen LogP contribution >= 0.6 is 0 Å². The largest absolute Gasteiger partial charge is 0.487 e. The molecule has 1 amide bonds. The predicted molar refractivity (Wildman–Crippen MR) is 96.2 cm³/mol. The van der Waals surface area contributed by atoms with Crippen LogP contribution in [0.15, 0.2) is 67.3 Å². The van der Waals surface area contributed by atoms with Crippen LogP contribution in [-0.4, -0.2) is 27.5 Å². The van der Waals surface area contributed by atoms with E-state index < -0.39 is 0 Å². The van der Waals surface area contributed by atoms with E-state index in [0.717, 1.165) is 5.69 Å². The van der Waals surface area contributed by atoms with Gasteiger partial charge in [-0.3, -0.25) is 4.79 Å². The maximum Gasteiger partial charge on any atom is 0.278 e. The normalized spacial score (nSPS) is 10.3. The highest BCUT2D eigenvalue weighted by Gasteiger charge is 2.18. The van der Waals surface area contributed by atoms with Crippen LogP contribution in [-0.2, 0) is 0 Å². The van der Waals surface area contributed by atoms with Crippen LogP contribution in [0.3, 0.4) is 0 Å². The van der Waals surface area contributed by atoms with Crippen LogP contribution in [0.25, 0.3) is 5.69 Å². The first-order valence-electron chi connectivity index (χ1n) is 7.82. The van der Waals surface area contributed by atoms with Crippen LogP contribution < -0.4 is 10.1 Å². The fourth-order valence-corrected chi connectivity index (χ4v) is 2.38. The van der Waals surface area contributed by atoms with E-state index in [2.05, 4.69) is 22.2 Å². The number of carbonyl (C=O) groups is 1. The number of ether oxygens (including phenoxy) is 1. The maximum atomic E-state index is 12.6. The van der Waals surface area contributed by atoms with Crippen LogP contribution in [0.4, 0.5) is 5.69 Å². The lowest BCUT2D eigenvalue weighted by Crippen LogP contribution is -2.15. The van der Waals surface area contributed by atoms with Crippen LogP contribution in [0, 0.1) is 6.92 Å². The van der Waals surface area contributed by atoms with Crippen molar-refractivity contribution in [2.75, 3.05) is 11.9 Å². The zero-order chi connectivity index (χ0) is 17.6. The lowest BCUT2D eigenvalue weighted by molar-refractivity contribution is 0.102. The Balaban J connectivity index is 1.83. The van der Waals surface area contributed by atoms with Gasteiger partial charge < -0.3 is 10.1 Å². The molecule has 0 unspecified atom stereocenters. The number of para-hydroxylation sites is 3. The summed E-state index contributed by atoms with van der Waals surface area (Å²) in [5, 5.41) is 10.9. The van der Waals surface area contributed by atoms with Gasteiger partial charge in [0.1, 0.15) is 12.4 Å². The summed E-state index contributed by atoms with van der Waals surface area (Å²) in [4.78, 5) is 12.6. The third kappa shape index (κ3) is 3.58. The molecule has 0 saturated heterocycles. The summed E-state index contributed by atoms with van der Waals surface area (Å²) < 4.78 is 7.19. The highest BCUT2D eigenvalue weighted by Crippen LogP contribution is 2.24. The summed E-state index contributed by atoms with van der Waals surface area (Å²) in [6.07, 6.45) is 1.65. The fraction of sp³-hybridized carbons (Fsp3) is 0.105. The summed E-state index contributed by atoms with van der Waals surface area (Å²) in [5.74, 6) is 0.234. The number of hydrogen-bond donors (Lipinski definition) is 1. The Morgan fingerprint density at radius 1 is 1.20 bits per heavy atom. The van der Waals surface area contributed by atoms with E-state index >= 15 is 0 Å². The molecule has 25 heavy (non-hydrogen) atoms. The fourth-order valence-electron chi connectivity index (χ4n) is 2.38. The first-order valence-corrected chi connectivity index (χ1v) is 7.82. The van der Waals surface area contributed by atoms with Crippen LogP contribution in [0.1, 0.15) is 16.2 Å². The molecule has 126 valence electrons. The smallest absolute Gasteiger partial charge is 0.278 e. The Kier molecular flexibility index (Phi) is 4.89. The molecule has 1 N–H and O–H groups in total. The number of aromatic nitrogens is 3. The van der Waals surface area contributed by atoms with Gasteiger partial charge in [0.25, 0.3) is 5.91 Å². The molecule has 0 aliphatic heterocycles. The van der Waals surface area contributed by atoms with Gasteiger partial charge in [0.05, 0.1) is 17.1 Å². The monoisotopic (exact) mass is 334 g/mol. The summed E-state index contributed by atoms with van der Waals surface area (Å²) in [5.41, 5.74) is 2.35. The summed E-state index contributed by atoms with van der Waals surface area (Å²) >= 11 is 0. The molecule has 0 bridgehead atoms. The number of nitrogens with one attached hydrogen (secondary N) is 1. The summed E-state index contributed by atoms with van der Waals surface area (Å²) in [7, 11) is 0. The summed E-state index contributed by atoms with van der Waals surface area (Å²) in [6, 6.07) is 16.8. The van der Waals surface area contributed by atoms with E-state index in [1.165, 1.54) is 0 Å². The molecule has 6 heteroatoms. The molecule has 2 aromatic carbocycles. The number of benzene rings is 2. The number of carbonyl (C=O) groups excluding carboxylic acids is 1. The van der Waals surface area contributed by atoms with E-state index in [0.29, 0.717) is 23.7 Å².